The average molecular weight is 591 g/mol. The number of ether oxygens (including phenoxy) is 4. The number of imidazole rings is 1. The number of hydrogen-bond donors (Lipinski definition) is 0. The maximum atomic E-state index is 14.1. The van der Waals surface area contributed by atoms with Gasteiger partial charge in [-0.25, -0.2) is 18.9 Å². The first kappa shape index (κ1) is 29.0. The van der Waals surface area contributed by atoms with Crippen molar-refractivity contribution < 1.29 is 41.9 Å². The lowest BCUT2D eigenvalue weighted by molar-refractivity contribution is -0.203. The van der Waals surface area contributed by atoms with Crippen LogP contribution < -0.4 is 0 Å². The first-order valence-corrected chi connectivity index (χ1v) is 16.2. The van der Waals surface area contributed by atoms with Crippen LogP contribution in [0.1, 0.15) is 69.9 Å². The summed E-state index contributed by atoms with van der Waals surface area (Å²) in [4.78, 5) is 17.1. The second kappa shape index (κ2) is 12.2. The van der Waals surface area contributed by atoms with Crippen LogP contribution in [0.15, 0.2) is 43.0 Å². The first-order valence-electron chi connectivity index (χ1n) is 14.7. The van der Waals surface area contributed by atoms with Crippen molar-refractivity contribution in [3.05, 3.63) is 54.1 Å². The molecule has 0 N–H and O–H groups in total. The Morgan fingerprint density at radius 3 is 2.41 bits per heavy atom. The molecule has 224 valence electrons. The second-order valence-electron chi connectivity index (χ2n) is 11.3. The Hall–Kier alpha value is -2.11. The van der Waals surface area contributed by atoms with Crippen LogP contribution >= 0.6 is 7.82 Å². The molecular weight excluding hydrogens is 551 g/mol. The topological polar surface area (TPSA) is 117 Å². The van der Waals surface area contributed by atoms with Gasteiger partial charge < -0.3 is 18.9 Å². The standard InChI is InChI=1S/C29H39N2O9P/c1-3-4-16-34-25-23(37-28(32)31-15-14-30-19-31)20(2)24-26(39-29(38-24)12-8-5-9-13-29)27(25)40-41(33)35-17-21-10-6-7-11-22(21)18-36-41/h6-7,10-11,14-15,19-20,23-27H,3-5,8-9,12-13,16-18H2,1-2H3/t20-,23-,24+,25+,26+,27-/m0/s1. The minimum absolute atomic E-state index is 0.0758. The molecule has 0 amide bonds. The van der Waals surface area contributed by atoms with Crippen LogP contribution in [0.25, 0.3) is 0 Å². The zero-order chi connectivity index (χ0) is 28.5. The van der Waals surface area contributed by atoms with Crippen molar-refractivity contribution in [2.24, 2.45) is 5.92 Å². The molecule has 11 nitrogen and oxygen atoms in total. The Morgan fingerprint density at radius 1 is 1.05 bits per heavy atom. The highest BCUT2D eigenvalue weighted by Gasteiger charge is 2.62. The molecule has 12 heteroatoms. The Balaban J connectivity index is 1.32. The van der Waals surface area contributed by atoms with E-state index in [1.807, 2.05) is 31.2 Å². The molecule has 0 unspecified atom stereocenters. The summed E-state index contributed by atoms with van der Waals surface area (Å²) in [6, 6.07) is 7.62. The Kier molecular flexibility index (Phi) is 8.66. The molecule has 1 aromatic heterocycles. The molecular formula is C29H39N2O9P. The van der Waals surface area contributed by atoms with E-state index in [4.69, 9.17) is 32.5 Å². The third-order valence-corrected chi connectivity index (χ3v) is 9.93. The first-order chi connectivity index (χ1) is 19.9. The van der Waals surface area contributed by atoms with Crippen LogP contribution in [0.5, 0.6) is 0 Å². The molecule has 0 bridgehead atoms. The van der Waals surface area contributed by atoms with Crippen molar-refractivity contribution in [1.29, 1.82) is 0 Å². The fourth-order valence-electron chi connectivity index (χ4n) is 6.28. The van der Waals surface area contributed by atoms with E-state index in [0.29, 0.717) is 6.61 Å². The van der Waals surface area contributed by atoms with Gasteiger partial charge >= 0.3 is 13.9 Å². The van der Waals surface area contributed by atoms with Gasteiger partial charge in [-0.3, -0.25) is 13.6 Å². The van der Waals surface area contributed by atoms with E-state index >= 15 is 0 Å². The van der Waals surface area contributed by atoms with Gasteiger partial charge in [0.15, 0.2) is 5.79 Å². The quantitative estimate of drug-likeness (QED) is 0.291. The van der Waals surface area contributed by atoms with Gasteiger partial charge in [-0.1, -0.05) is 51.0 Å². The van der Waals surface area contributed by atoms with Crippen molar-refractivity contribution in [1.82, 2.24) is 9.55 Å². The summed E-state index contributed by atoms with van der Waals surface area (Å²) in [6.45, 7) is 4.59. The number of carbonyl (C=O) groups is 1. The van der Waals surface area contributed by atoms with Crippen LogP contribution in [0, 0.1) is 5.92 Å². The molecule has 2 aliphatic heterocycles. The minimum atomic E-state index is -4.09. The molecule has 3 heterocycles. The summed E-state index contributed by atoms with van der Waals surface area (Å²) in [6.07, 6.45) is 6.45. The number of nitrogens with zero attached hydrogens (tertiary/aromatic N) is 2. The fraction of sp³-hybridized carbons (Fsp3) is 0.655. The highest BCUT2D eigenvalue weighted by Crippen LogP contribution is 2.57. The molecule has 1 saturated heterocycles. The van der Waals surface area contributed by atoms with E-state index in [9.17, 15) is 9.36 Å². The average Bonchev–Trinajstić information content (AvgIpc) is 3.61. The predicted molar refractivity (Wildman–Crippen MR) is 146 cm³/mol. The van der Waals surface area contributed by atoms with Gasteiger partial charge in [0.25, 0.3) is 0 Å². The van der Waals surface area contributed by atoms with Crippen LogP contribution in [0.2, 0.25) is 0 Å². The van der Waals surface area contributed by atoms with E-state index < -0.39 is 50.2 Å². The van der Waals surface area contributed by atoms with Gasteiger partial charge in [-0.15, -0.1) is 0 Å². The molecule has 2 aliphatic carbocycles. The van der Waals surface area contributed by atoms with Gasteiger partial charge in [0.1, 0.15) is 30.7 Å². The summed E-state index contributed by atoms with van der Waals surface area (Å²) in [5.41, 5.74) is 1.77. The molecule has 2 saturated carbocycles. The lowest BCUT2D eigenvalue weighted by Gasteiger charge is -2.45. The third kappa shape index (κ3) is 6.04. The van der Waals surface area contributed by atoms with E-state index in [-0.39, 0.29) is 19.1 Å². The Bertz CT molecular complexity index is 1200. The van der Waals surface area contributed by atoms with Crippen molar-refractivity contribution in [3.8, 4) is 0 Å². The lowest BCUT2D eigenvalue weighted by atomic mass is 9.79. The number of phosphoric acid groups is 1. The number of aromatic nitrogens is 2. The molecule has 2 aromatic rings. The lowest BCUT2D eigenvalue weighted by Crippen LogP contribution is -2.62. The van der Waals surface area contributed by atoms with Crippen LogP contribution in [-0.2, 0) is 50.3 Å². The van der Waals surface area contributed by atoms with E-state index in [1.54, 1.807) is 0 Å². The van der Waals surface area contributed by atoms with Crippen molar-refractivity contribution in [2.75, 3.05) is 6.61 Å². The highest BCUT2D eigenvalue weighted by atomic mass is 31.2. The third-order valence-electron chi connectivity index (χ3n) is 8.53. The molecule has 0 radical (unpaired) electrons. The number of carbonyl (C=O) groups excluding carboxylic acids is 1. The monoisotopic (exact) mass is 590 g/mol. The Morgan fingerprint density at radius 2 is 1.76 bits per heavy atom. The number of phosphoric ester groups is 1. The smallest absolute Gasteiger partial charge is 0.442 e. The summed E-state index contributed by atoms with van der Waals surface area (Å²) in [7, 11) is -4.09. The fourth-order valence-corrected chi connectivity index (χ4v) is 7.61. The van der Waals surface area contributed by atoms with Gasteiger partial charge in [-0.2, -0.15) is 0 Å². The molecule has 6 atom stereocenters. The van der Waals surface area contributed by atoms with Crippen molar-refractivity contribution in [3.63, 3.8) is 0 Å². The normalized spacial score (nSPS) is 32.1. The van der Waals surface area contributed by atoms with Crippen molar-refractivity contribution >= 4 is 13.9 Å². The second-order valence-corrected chi connectivity index (χ2v) is 13.0. The largest absolute Gasteiger partial charge is 0.475 e. The summed E-state index contributed by atoms with van der Waals surface area (Å²) >= 11 is 0. The van der Waals surface area contributed by atoms with Gasteiger partial charge in [-0.05, 0) is 30.4 Å². The van der Waals surface area contributed by atoms with Gasteiger partial charge in [0.05, 0.1) is 19.3 Å². The number of unbranched alkanes of at least 4 members (excludes halogenated alkanes) is 1. The molecule has 4 aliphatic rings. The molecule has 6 rings (SSSR count). The zero-order valence-electron chi connectivity index (χ0n) is 23.6. The van der Waals surface area contributed by atoms with Crippen LogP contribution in [-0.4, -0.2) is 58.6 Å². The molecule has 3 fully saturated rings. The number of rotatable bonds is 7. The van der Waals surface area contributed by atoms with Crippen molar-refractivity contribution in [2.45, 2.75) is 108 Å². The number of fused-ring (bicyclic) bond motifs is 2. The minimum Gasteiger partial charge on any atom is -0.442 e. The maximum absolute atomic E-state index is 14.1. The van der Waals surface area contributed by atoms with E-state index in [1.165, 1.54) is 23.3 Å². The summed E-state index contributed by atoms with van der Waals surface area (Å²) in [5, 5.41) is 0. The van der Waals surface area contributed by atoms with Crippen LogP contribution in [0.4, 0.5) is 4.79 Å². The summed E-state index contributed by atoms with van der Waals surface area (Å²) in [5.74, 6) is -1.07. The maximum Gasteiger partial charge on any atom is 0.475 e. The zero-order valence-corrected chi connectivity index (χ0v) is 24.5. The molecule has 1 aromatic carbocycles. The highest BCUT2D eigenvalue weighted by molar-refractivity contribution is 7.48. The predicted octanol–water partition coefficient (Wildman–Crippen LogP) is 5.76. The van der Waals surface area contributed by atoms with Gasteiger partial charge in [0.2, 0.25) is 0 Å². The number of hydrogen-bond acceptors (Lipinski definition) is 10. The van der Waals surface area contributed by atoms with E-state index in [0.717, 1.165) is 56.1 Å². The Labute approximate surface area is 240 Å². The number of benzene rings is 1. The summed E-state index contributed by atoms with van der Waals surface area (Å²) < 4.78 is 59.2. The van der Waals surface area contributed by atoms with Crippen LogP contribution in [0.3, 0.4) is 0 Å². The van der Waals surface area contributed by atoms with Gasteiger partial charge in [0, 0.05) is 37.8 Å². The van der Waals surface area contributed by atoms with E-state index in [2.05, 4.69) is 11.9 Å². The SMILES string of the molecule is CCCCO[C@H]1[C@H](OP2(=O)OCc3ccccc3CO2)[C@@H]2OC3(CCCCC3)O[C@@H]2[C@@H](C)[C@@H]1OC(=O)n1ccnc1. The molecule has 41 heavy (non-hydrogen) atoms. The molecule has 1 spiro atoms.